The molecule has 0 fully saturated rings. The lowest BCUT2D eigenvalue weighted by atomic mass is 9.83. The Morgan fingerprint density at radius 1 is 1.15 bits per heavy atom. The Kier molecular flexibility index (Phi) is 6.80. The first-order valence-electron chi connectivity index (χ1n) is 8.48. The number of esters is 2. The minimum absolute atomic E-state index is 0.0620. The van der Waals surface area contributed by atoms with E-state index in [0.717, 1.165) is 5.56 Å². The van der Waals surface area contributed by atoms with Gasteiger partial charge in [0.2, 0.25) is 5.91 Å². The molecule has 1 aromatic carbocycles. The fourth-order valence-electron chi connectivity index (χ4n) is 2.99. The highest BCUT2D eigenvalue weighted by Crippen LogP contribution is 2.37. The number of ether oxygens (including phenoxy) is 2. The fourth-order valence-corrected chi connectivity index (χ4v) is 3.12. The van der Waals surface area contributed by atoms with Crippen LogP contribution in [0.25, 0.3) is 0 Å². The Labute approximate surface area is 157 Å². The summed E-state index contributed by atoms with van der Waals surface area (Å²) in [6.07, 6.45) is 0.0620. The van der Waals surface area contributed by atoms with Gasteiger partial charge in [-0.1, -0.05) is 23.7 Å². The first-order chi connectivity index (χ1) is 12.4. The van der Waals surface area contributed by atoms with Crippen LogP contribution in [-0.2, 0) is 23.9 Å². The third-order valence-corrected chi connectivity index (χ3v) is 4.44. The smallest absolute Gasteiger partial charge is 0.336 e. The van der Waals surface area contributed by atoms with Crippen molar-refractivity contribution in [3.8, 4) is 0 Å². The van der Waals surface area contributed by atoms with Crippen molar-refractivity contribution in [2.24, 2.45) is 0 Å². The lowest BCUT2D eigenvalue weighted by Crippen LogP contribution is -2.41. The molecule has 0 spiro atoms. The van der Waals surface area contributed by atoms with Gasteiger partial charge >= 0.3 is 11.9 Å². The van der Waals surface area contributed by atoms with Crippen molar-refractivity contribution in [2.45, 2.75) is 33.1 Å². The molecule has 0 saturated heterocycles. The van der Waals surface area contributed by atoms with Gasteiger partial charge in [-0.15, -0.1) is 0 Å². The minimum atomic E-state index is -0.520. The van der Waals surface area contributed by atoms with Gasteiger partial charge in [-0.25, -0.2) is 4.79 Å². The van der Waals surface area contributed by atoms with E-state index < -0.39 is 17.9 Å². The average Bonchev–Trinajstić information content (AvgIpc) is 2.59. The van der Waals surface area contributed by atoms with E-state index in [1.807, 2.05) is 0 Å². The van der Waals surface area contributed by atoms with E-state index in [4.69, 9.17) is 21.1 Å². The number of carbonyl (C=O) groups excluding carboxylic acids is 3. The minimum Gasteiger partial charge on any atom is -0.465 e. The molecule has 0 N–H and O–H groups in total. The standard InChI is InChI=1S/C19H22ClNO5/c1-4-25-17(23)11-21-12(3)18(19(24)26-5-2)15(10-16(21)22)13-6-8-14(20)9-7-13/h6-9,15H,4-5,10-11H2,1-3H3. The topological polar surface area (TPSA) is 72.9 Å². The van der Waals surface area contributed by atoms with Gasteiger partial charge < -0.3 is 14.4 Å². The molecular weight excluding hydrogens is 358 g/mol. The van der Waals surface area contributed by atoms with Gasteiger partial charge in [-0.05, 0) is 38.5 Å². The van der Waals surface area contributed by atoms with Gasteiger partial charge in [0.25, 0.3) is 0 Å². The quantitative estimate of drug-likeness (QED) is 0.710. The molecule has 1 amide bonds. The van der Waals surface area contributed by atoms with E-state index in [1.54, 1.807) is 45.0 Å². The van der Waals surface area contributed by atoms with Crippen LogP contribution in [0.2, 0.25) is 5.02 Å². The Morgan fingerprint density at radius 2 is 1.77 bits per heavy atom. The molecule has 1 aliphatic heterocycles. The molecule has 0 aliphatic carbocycles. The normalized spacial score (nSPS) is 17.3. The monoisotopic (exact) mass is 379 g/mol. The van der Waals surface area contributed by atoms with Crippen LogP contribution in [0.5, 0.6) is 0 Å². The lowest BCUT2D eigenvalue weighted by molar-refractivity contribution is -0.149. The summed E-state index contributed by atoms with van der Waals surface area (Å²) in [6.45, 7) is 5.27. The summed E-state index contributed by atoms with van der Waals surface area (Å²) in [6, 6.07) is 7.00. The Morgan fingerprint density at radius 3 is 2.35 bits per heavy atom. The first-order valence-corrected chi connectivity index (χ1v) is 8.86. The van der Waals surface area contributed by atoms with Crippen LogP contribution in [-0.4, -0.2) is 42.5 Å². The second-order valence-electron chi connectivity index (χ2n) is 5.81. The number of allylic oxidation sites excluding steroid dienone is 1. The molecule has 1 unspecified atom stereocenters. The number of nitrogens with zero attached hydrogens (tertiary/aromatic N) is 1. The third kappa shape index (κ3) is 4.43. The van der Waals surface area contributed by atoms with E-state index in [0.29, 0.717) is 16.3 Å². The van der Waals surface area contributed by atoms with E-state index in [1.165, 1.54) is 4.90 Å². The van der Waals surface area contributed by atoms with Crippen LogP contribution in [0.15, 0.2) is 35.5 Å². The summed E-state index contributed by atoms with van der Waals surface area (Å²) in [4.78, 5) is 38.3. The molecule has 1 heterocycles. The molecule has 0 radical (unpaired) electrons. The summed E-state index contributed by atoms with van der Waals surface area (Å²) in [7, 11) is 0. The van der Waals surface area contributed by atoms with Crippen LogP contribution in [0, 0.1) is 0 Å². The molecule has 26 heavy (non-hydrogen) atoms. The molecule has 7 heteroatoms. The van der Waals surface area contributed by atoms with Crippen LogP contribution in [0.4, 0.5) is 0 Å². The number of hydrogen-bond acceptors (Lipinski definition) is 5. The van der Waals surface area contributed by atoms with Crippen LogP contribution < -0.4 is 0 Å². The number of benzene rings is 1. The van der Waals surface area contributed by atoms with Gasteiger partial charge in [-0.2, -0.15) is 0 Å². The zero-order chi connectivity index (χ0) is 19.3. The summed E-state index contributed by atoms with van der Waals surface area (Å²) < 4.78 is 10.1. The van der Waals surface area contributed by atoms with E-state index in [2.05, 4.69) is 0 Å². The highest BCUT2D eigenvalue weighted by Gasteiger charge is 2.37. The molecule has 0 saturated carbocycles. The molecule has 0 aromatic heterocycles. The average molecular weight is 380 g/mol. The largest absolute Gasteiger partial charge is 0.465 e. The molecule has 2 rings (SSSR count). The zero-order valence-electron chi connectivity index (χ0n) is 15.1. The molecule has 1 atom stereocenters. The predicted molar refractivity (Wildman–Crippen MR) is 96.5 cm³/mol. The molecule has 140 valence electrons. The molecule has 1 aromatic rings. The van der Waals surface area contributed by atoms with Gasteiger partial charge in [0, 0.05) is 23.1 Å². The summed E-state index contributed by atoms with van der Waals surface area (Å²) in [5.41, 5.74) is 1.58. The highest BCUT2D eigenvalue weighted by molar-refractivity contribution is 6.30. The van der Waals surface area contributed by atoms with Crippen molar-refractivity contribution >= 4 is 29.4 Å². The number of carbonyl (C=O) groups is 3. The van der Waals surface area contributed by atoms with Crippen molar-refractivity contribution < 1.29 is 23.9 Å². The van der Waals surface area contributed by atoms with Crippen molar-refractivity contribution in [2.75, 3.05) is 19.8 Å². The fraction of sp³-hybridized carbons (Fsp3) is 0.421. The SMILES string of the molecule is CCOC(=O)CN1C(=O)CC(c2ccc(Cl)cc2)C(C(=O)OCC)=C1C. The van der Waals surface area contributed by atoms with E-state index in [-0.39, 0.29) is 32.1 Å². The van der Waals surface area contributed by atoms with Crippen molar-refractivity contribution in [1.29, 1.82) is 0 Å². The second kappa shape index (κ2) is 8.85. The first kappa shape index (κ1) is 20.0. The number of amides is 1. The number of halogens is 1. The van der Waals surface area contributed by atoms with Gasteiger partial charge in [-0.3, -0.25) is 9.59 Å². The van der Waals surface area contributed by atoms with Crippen molar-refractivity contribution in [1.82, 2.24) is 4.90 Å². The van der Waals surface area contributed by atoms with Crippen LogP contribution in [0.1, 0.15) is 38.7 Å². The summed E-state index contributed by atoms with van der Waals surface area (Å²) >= 11 is 5.94. The number of hydrogen-bond donors (Lipinski definition) is 0. The van der Waals surface area contributed by atoms with E-state index >= 15 is 0 Å². The summed E-state index contributed by atoms with van der Waals surface area (Å²) in [5, 5.41) is 0.568. The Bertz CT molecular complexity index is 726. The van der Waals surface area contributed by atoms with Crippen LogP contribution in [0.3, 0.4) is 0 Å². The van der Waals surface area contributed by atoms with Crippen LogP contribution >= 0.6 is 11.6 Å². The molecular formula is C19H22ClNO5. The van der Waals surface area contributed by atoms with Crippen molar-refractivity contribution in [3.63, 3.8) is 0 Å². The third-order valence-electron chi connectivity index (χ3n) is 4.18. The van der Waals surface area contributed by atoms with Gasteiger partial charge in [0.1, 0.15) is 6.54 Å². The Balaban J connectivity index is 2.44. The maximum atomic E-state index is 12.6. The Hall–Kier alpha value is -2.34. The summed E-state index contributed by atoms with van der Waals surface area (Å²) in [5.74, 6) is -1.71. The molecule has 6 nitrogen and oxygen atoms in total. The van der Waals surface area contributed by atoms with Crippen molar-refractivity contribution in [3.05, 3.63) is 46.1 Å². The predicted octanol–water partition coefficient (Wildman–Crippen LogP) is 3.06. The molecule has 0 bridgehead atoms. The second-order valence-corrected chi connectivity index (χ2v) is 6.25. The number of rotatable bonds is 6. The zero-order valence-corrected chi connectivity index (χ0v) is 15.8. The van der Waals surface area contributed by atoms with Gasteiger partial charge in [0.15, 0.2) is 0 Å². The maximum absolute atomic E-state index is 12.6. The highest BCUT2D eigenvalue weighted by atomic mass is 35.5. The molecule has 1 aliphatic rings. The van der Waals surface area contributed by atoms with E-state index in [9.17, 15) is 14.4 Å². The lowest BCUT2D eigenvalue weighted by Gasteiger charge is -2.33. The maximum Gasteiger partial charge on any atom is 0.336 e. The van der Waals surface area contributed by atoms with Gasteiger partial charge in [0.05, 0.1) is 18.8 Å².